The van der Waals surface area contributed by atoms with Crippen molar-refractivity contribution in [1.82, 2.24) is 0 Å². The molecule has 4 fully saturated rings. The van der Waals surface area contributed by atoms with Crippen molar-refractivity contribution in [2.45, 2.75) is 18.1 Å². The Balaban J connectivity index is 1.69. The van der Waals surface area contributed by atoms with Crippen molar-refractivity contribution in [1.29, 1.82) is 0 Å². The van der Waals surface area contributed by atoms with Crippen LogP contribution in [-0.4, -0.2) is 16.0 Å². The molecule has 0 amide bonds. The molecule has 12 heavy (non-hydrogen) atoms. The first-order valence-corrected chi connectivity index (χ1v) is 6.66. The van der Waals surface area contributed by atoms with Gasteiger partial charge in [-0.1, -0.05) is 23.5 Å². The highest BCUT2D eigenvalue weighted by Crippen LogP contribution is 2.73. The Hall–Kier alpha value is 0.370. The molecule has 4 rings (SSSR count). The normalized spacial score (nSPS) is 52.9. The average molecular weight is 200 g/mol. The van der Waals surface area contributed by atoms with E-state index in [2.05, 4.69) is 0 Å². The molecule has 4 saturated carbocycles. The molecule has 0 aliphatic heterocycles. The molecule has 3 atom stereocenters. The number of rotatable bonds is 1. The van der Waals surface area contributed by atoms with Crippen LogP contribution in [0.2, 0.25) is 0 Å². The van der Waals surface area contributed by atoms with E-state index < -0.39 is 0 Å². The SMILES string of the molecule is CSC(=O)SC1C2CC3C(C2)C31. The largest absolute Gasteiger partial charge is 0.274 e. The van der Waals surface area contributed by atoms with Gasteiger partial charge in [-0.15, -0.1) is 0 Å². The van der Waals surface area contributed by atoms with Crippen molar-refractivity contribution >= 4 is 28.0 Å². The first-order valence-electron chi connectivity index (χ1n) is 4.56. The summed E-state index contributed by atoms with van der Waals surface area (Å²) in [5, 5.41) is 0.722. The van der Waals surface area contributed by atoms with E-state index in [0.29, 0.717) is 4.45 Å². The third kappa shape index (κ3) is 0.869. The topological polar surface area (TPSA) is 17.1 Å². The summed E-state index contributed by atoms with van der Waals surface area (Å²) in [6.07, 6.45) is 4.77. The van der Waals surface area contributed by atoms with E-state index in [0.717, 1.165) is 28.9 Å². The zero-order valence-electron chi connectivity index (χ0n) is 7.03. The van der Waals surface area contributed by atoms with Gasteiger partial charge in [-0.3, -0.25) is 4.79 Å². The molecule has 1 nitrogen and oxygen atoms in total. The molecule has 0 spiro atoms. The molecule has 0 aromatic carbocycles. The monoisotopic (exact) mass is 200 g/mol. The summed E-state index contributed by atoms with van der Waals surface area (Å²) in [5.41, 5.74) is 0. The Morgan fingerprint density at radius 3 is 2.42 bits per heavy atom. The summed E-state index contributed by atoms with van der Waals surface area (Å²) < 4.78 is 0.332. The Bertz CT molecular complexity index is 227. The lowest BCUT2D eigenvalue weighted by atomic mass is 10.1. The van der Waals surface area contributed by atoms with E-state index in [4.69, 9.17) is 0 Å². The second-order valence-electron chi connectivity index (χ2n) is 4.17. The maximum absolute atomic E-state index is 11.2. The van der Waals surface area contributed by atoms with Gasteiger partial charge < -0.3 is 0 Å². The third-order valence-electron chi connectivity index (χ3n) is 3.79. The number of hydrogen-bond donors (Lipinski definition) is 0. The van der Waals surface area contributed by atoms with Crippen LogP contribution < -0.4 is 0 Å². The van der Waals surface area contributed by atoms with Crippen molar-refractivity contribution in [3.8, 4) is 0 Å². The van der Waals surface area contributed by atoms with Crippen LogP contribution in [0.4, 0.5) is 4.79 Å². The molecule has 0 heterocycles. The van der Waals surface area contributed by atoms with Gasteiger partial charge in [-0.25, -0.2) is 0 Å². The average Bonchev–Trinajstić information content (AvgIpc) is 2.52. The van der Waals surface area contributed by atoms with Gasteiger partial charge >= 0.3 is 0 Å². The summed E-state index contributed by atoms with van der Waals surface area (Å²) >= 11 is 3.01. The number of hydrogen-bond acceptors (Lipinski definition) is 3. The molecule has 0 N–H and O–H groups in total. The van der Waals surface area contributed by atoms with Gasteiger partial charge in [0, 0.05) is 5.25 Å². The summed E-state index contributed by atoms with van der Waals surface area (Å²) in [5.74, 6) is 3.95. The standard InChI is InChI=1S/C9H12OS2/c1-11-9(10)12-8-4-2-5-6(3-4)7(5)8/h4-8H,2-3H2,1H3. The lowest BCUT2D eigenvalue weighted by Gasteiger charge is -2.11. The smallest absolute Gasteiger partial charge is 0.246 e. The fraction of sp³-hybridized carbons (Fsp3) is 0.889. The minimum Gasteiger partial charge on any atom is -0.274 e. The first kappa shape index (κ1) is 7.74. The maximum Gasteiger partial charge on any atom is 0.246 e. The minimum absolute atomic E-state index is 0.332. The third-order valence-corrected chi connectivity index (χ3v) is 6.08. The van der Waals surface area contributed by atoms with Crippen LogP contribution in [-0.2, 0) is 0 Å². The van der Waals surface area contributed by atoms with Crippen molar-refractivity contribution in [2.75, 3.05) is 6.26 Å². The van der Waals surface area contributed by atoms with Crippen molar-refractivity contribution in [3.63, 3.8) is 0 Å². The van der Waals surface area contributed by atoms with Gasteiger partial charge in [-0.05, 0) is 42.8 Å². The lowest BCUT2D eigenvalue weighted by Crippen LogP contribution is -2.08. The first-order chi connectivity index (χ1) is 5.81. The van der Waals surface area contributed by atoms with Crippen LogP contribution in [0.5, 0.6) is 0 Å². The molecule has 4 aliphatic carbocycles. The van der Waals surface area contributed by atoms with Crippen LogP contribution in [0, 0.1) is 23.7 Å². The summed E-state index contributed by atoms with van der Waals surface area (Å²) in [7, 11) is 0. The fourth-order valence-corrected chi connectivity index (χ4v) is 5.25. The quantitative estimate of drug-likeness (QED) is 0.648. The second kappa shape index (κ2) is 2.44. The Labute approximate surface area is 81.0 Å². The Kier molecular flexibility index (Phi) is 1.58. The van der Waals surface area contributed by atoms with E-state index in [1.165, 1.54) is 24.6 Å². The molecule has 0 aromatic rings. The second-order valence-corrected chi connectivity index (χ2v) is 6.36. The maximum atomic E-state index is 11.2. The number of thioether (sulfide) groups is 2. The Morgan fingerprint density at radius 2 is 2.00 bits per heavy atom. The highest BCUT2D eigenvalue weighted by Gasteiger charge is 2.68. The van der Waals surface area contributed by atoms with Gasteiger partial charge in [0.2, 0.25) is 4.45 Å². The predicted molar refractivity (Wildman–Crippen MR) is 53.5 cm³/mol. The minimum atomic E-state index is 0.332. The molecule has 4 aliphatic rings. The number of carbonyl (C=O) groups excluding carboxylic acids is 1. The highest BCUT2D eigenvalue weighted by molar-refractivity contribution is 8.38. The van der Waals surface area contributed by atoms with Crippen LogP contribution in [0.15, 0.2) is 0 Å². The predicted octanol–water partition coefficient (Wildman–Crippen LogP) is 2.86. The summed E-state index contributed by atoms with van der Waals surface area (Å²) in [6.45, 7) is 0. The van der Waals surface area contributed by atoms with E-state index in [-0.39, 0.29) is 0 Å². The molecular formula is C9H12OS2. The van der Waals surface area contributed by atoms with Crippen LogP contribution in [0.3, 0.4) is 0 Å². The van der Waals surface area contributed by atoms with Crippen LogP contribution >= 0.6 is 23.5 Å². The van der Waals surface area contributed by atoms with Crippen LogP contribution in [0.1, 0.15) is 12.8 Å². The lowest BCUT2D eigenvalue weighted by molar-refractivity contribution is 0.276. The van der Waals surface area contributed by atoms with Gasteiger partial charge in [0.1, 0.15) is 0 Å². The van der Waals surface area contributed by atoms with E-state index in [9.17, 15) is 4.79 Å². The van der Waals surface area contributed by atoms with Crippen LogP contribution in [0.25, 0.3) is 0 Å². The molecule has 3 unspecified atom stereocenters. The molecule has 0 aromatic heterocycles. The summed E-state index contributed by atoms with van der Waals surface area (Å²) in [6, 6.07) is 0. The Morgan fingerprint density at radius 1 is 1.33 bits per heavy atom. The molecule has 0 saturated heterocycles. The van der Waals surface area contributed by atoms with Gasteiger partial charge in [-0.2, -0.15) is 0 Å². The highest BCUT2D eigenvalue weighted by atomic mass is 32.2. The van der Waals surface area contributed by atoms with Crippen molar-refractivity contribution in [3.05, 3.63) is 0 Å². The van der Waals surface area contributed by atoms with E-state index in [1.54, 1.807) is 11.8 Å². The molecule has 4 bridgehead atoms. The van der Waals surface area contributed by atoms with Gasteiger partial charge in [0.15, 0.2) is 0 Å². The van der Waals surface area contributed by atoms with E-state index in [1.807, 2.05) is 6.26 Å². The zero-order chi connectivity index (χ0) is 8.29. The van der Waals surface area contributed by atoms with E-state index >= 15 is 0 Å². The molecule has 0 radical (unpaired) electrons. The van der Waals surface area contributed by atoms with Gasteiger partial charge in [0.05, 0.1) is 0 Å². The number of carbonyl (C=O) groups is 1. The van der Waals surface area contributed by atoms with Crippen molar-refractivity contribution in [2.24, 2.45) is 23.7 Å². The molecule has 66 valence electrons. The van der Waals surface area contributed by atoms with Crippen molar-refractivity contribution < 1.29 is 4.79 Å². The molecule has 3 heteroatoms. The summed E-state index contributed by atoms with van der Waals surface area (Å²) in [4.78, 5) is 11.2. The zero-order valence-corrected chi connectivity index (χ0v) is 8.66. The fourth-order valence-electron chi connectivity index (χ4n) is 3.34. The van der Waals surface area contributed by atoms with Gasteiger partial charge in [0.25, 0.3) is 0 Å². The molecular weight excluding hydrogens is 188 g/mol.